The molecule has 0 N–H and O–H groups in total. The third kappa shape index (κ3) is 4.63. The van der Waals surface area contributed by atoms with Gasteiger partial charge in [0.15, 0.2) is 5.43 Å². The molecule has 8 nitrogen and oxygen atoms in total. The summed E-state index contributed by atoms with van der Waals surface area (Å²) in [5.41, 5.74) is 3.63. The van der Waals surface area contributed by atoms with Crippen molar-refractivity contribution in [2.24, 2.45) is 7.05 Å². The average Bonchev–Trinajstić information content (AvgIpc) is 3.70. The van der Waals surface area contributed by atoms with Crippen LogP contribution in [0.3, 0.4) is 0 Å². The Morgan fingerprint density at radius 2 is 0.950 bits per heavy atom. The lowest BCUT2D eigenvalue weighted by Gasteiger charge is -2.22. The SMILES string of the molecule is CO[Si](OC)(OC)c1ccc(-c2ccc3c(c2)c(=O)c2cc(-c4ccc([Si](OC)(OC)OC)s4)ccc2n3C)s1. The van der Waals surface area contributed by atoms with Gasteiger partial charge >= 0.3 is 17.6 Å². The molecule has 0 aliphatic rings. The monoisotopic (exact) mass is 613 g/mol. The van der Waals surface area contributed by atoms with E-state index >= 15 is 0 Å². The van der Waals surface area contributed by atoms with Crippen LogP contribution in [0.5, 0.6) is 0 Å². The molecule has 0 amide bonds. The van der Waals surface area contributed by atoms with E-state index in [1.807, 2.05) is 67.7 Å². The van der Waals surface area contributed by atoms with E-state index in [2.05, 4.69) is 4.57 Å². The van der Waals surface area contributed by atoms with Gasteiger partial charge in [0, 0.05) is 70.2 Å². The van der Waals surface area contributed by atoms with Crippen LogP contribution in [0.4, 0.5) is 0 Å². The normalized spacial score (nSPS) is 12.6. The van der Waals surface area contributed by atoms with Crippen LogP contribution >= 0.6 is 22.7 Å². The van der Waals surface area contributed by atoms with E-state index in [0.29, 0.717) is 10.8 Å². The van der Waals surface area contributed by atoms with Gasteiger partial charge in [-0.2, -0.15) is 0 Å². The molecule has 0 fully saturated rings. The second-order valence-electron chi connectivity index (χ2n) is 9.02. The van der Waals surface area contributed by atoms with Gasteiger partial charge < -0.3 is 31.1 Å². The number of aryl methyl sites for hydroxylation is 1. The maximum atomic E-state index is 13.9. The summed E-state index contributed by atoms with van der Waals surface area (Å²) in [6.45, 7) is 0. The van der Waals surface area contributed by atoms with Gasteiger partial charge in [-0.1, -0.05) is 12.1 Å². The van der Waals surface area contributed by atoms with E-state index in [1.54, 1.807) is 65.3 Å². The number of fused-ring (bicyclic) bond motifs is 2. The van der Waals surface area contributed by atoms with Gasteiger partial charge in [-0.15, -0.1) is 22.7 Å². The van der Waals surface area contributed by atoms with Gasteiger partial charge in [0.25, 0.3) is 0 Å². The molecule has 0 saturated carbocycles. The standard InChI is InChI=1S/C28H31NO7S2Si2/c1-29-22-10-8-18(24-12-14-26(37-24)39(31-2,32-3)33-4)16-20(22)28(30)21-17-19(9-11-23(21)29)25-13-15-27(38-25)40(34-5,35-6)36-7/h8-17H,1-7H3. The lowest BCUT2D eigenvalue weighted by atomic mass is 10.0. The number of benzene rings is 2. The molecule has 0 saturated heterocycles. The van der Waals surface area contributed by atoms with Crippen LogP contribution in [0.2, 0.25) is 0 Å². The first-order valence-electron chi connectivity index (χ1n) is 12.4. The Morgan fingerprint density at radius 1 is 0.575 bits per heavy atom. The molecule has 12 heteroatoms. The highest BCUT2D eigenvalue weighted by Crippen LogP contribution is 2.31. The summed E-state index contributed by atoms with van der Waals surface area (Å²) in [4.78, 5) is 15.9. The van der Waals surface area contributed by atoms with Crippen molar-refractivity contribution < 1.29 is 26.6 Å². The second kappa shape index (κ2) is 11.4. The van der Waals surface area contributed by atoms with Crippen LogP contribution in [0.15, 0.2) is 65.5 Å². The minimum atomic E-state index is -2.94. The zero-order valence-electron chi connectivity index (χ0n) is 23.4. The topological polar surface area (TPSA) is 77.4 Å². The first kappa shape index (κ1) is 29.0. The van der Waals surface area contributed by atoms with Crippen molar-refractivity contribution in [3.8, 4) is 20.9 Å². The number of aromatic nitrogens is 1. The van der Waals surface area contributed by atoms with Crippen molar-refractivity contribution in [2.45, 2.75) is 0 Å². The Kier molecular flexibility index (Phi) is 8.28. The van der Waals surface area contributed by atoms with Crippen LogP contribution in [-0.4, -0.2) is 64.8 Å². The van der Waals surface area contributed by atoms with Crippen molar-refractivity contribution >= 4 is 71.1 Å². The summed E-state index contributed by atoms with van der Waals surface area (Å²) >= 11 is 3.10. The Bertz CT molecular complexity index is 1600. The highest BCUT2D eigenvalue weighted by atomic mass is 32.1. The number of nitrogens with zero attached hydrogens (tertiary/aromatic N) is 1. The maximum Gasteiger partial charge on any atom is 0.546 e. The molecule has 0 radical (unpaired) electrons. The lowest BCUT2D eigenvalue weighted by molar-refractivity contribution is 0.140. The van der Waals surface area contributed by atoms with Crippen molar-refractivity contribution in [3.63, 3.8) is 0 Å². The fourth-order valence-electron chi connectivity index (χ4n) is 5.02. The molecule has 2 aromatic carbocycles. The van der Waals surface area contributed by atoms with Crippen LogP contribution in [0, 0.1) is 0 Å². The highest BCUT2D eigenvalue weighted by Gasteiger charge is 2.43. The van der Waals surface area contributed by atoms with E-state index in [4.69, 9.17) is 26.6 Å². The third-order valence-corrected chi connectivity index (χ3v) is 16.0. The quantitative estimate of drug-likeness (QED) is 0.172. The number of rotatable bonds is 10. The van der Waals surface area contributed by atoms with E-state index in [-0.39, 0.29) is 5.43 Å². The van der Waals surface area contributed by atoms with Gasteiger partial charge in [-0.25, -0.2) is 0 Å². The molecule has 40 heavy (non-hydrogen) atoms. The van der Waals surface area contributed by atoms with E-state index in [9.17, 15) is 4.79 Å². The number of thiophene rings is 2. The summed E-state index contributed by atoms with van der Waals surface area (Å²) in [6, 6.07) is 20.0. The molecule has 0 aliphatic carbocycles. The van der Waals surface area contributed by atoms with E-state index < -0.39 is 17.6 Å². The Morgan fingerprint density at radius 3 is 1.30 bits per heavy atom. The summed E-state index contributed by atoms with van der Waals surface area (Å²) in [6.07, 6.45) is 0. The molecule has 3 aromatic heterocycles. The van der Waals surface area contributed by atoms with E-state index in [1.165, 1.54) is 0 Å². The molecule has 0 spiro atoms. The zero-order valence-corrected chi connectivity index (χ0v) is 27.0. The van der Waals surface area contributed by atoms with Crippen molar-refractivity contribution in [1.29, 1.82) is 0 Å². The van der Waals surface area contributed by atoms with Crippen molar-refractivity contribution in [3.05, 3.63) is 70.9 Å². The molecule has 3 heterocycles. The molecule has 0 aliphatic heterocycles. The largest absolute Gasteiger partial charge is 0.546 e. The minimum absolute atomic E-state index is 0.0100. The molecule has 5 rings (SSSR count). The predicted molar refractivity (Wildman–Crippen MR) is 166 cm³/mol. The van der Waals surface area contributed by atoms with Crippen LogP contribution in [0.25, 0.3) is 42.7 Å². The van der Waals surface area contributed by atoms with Gasteiger partial charge in [-0.3, -0.25) is 4.79 Å². The Hall–Kier alpha value is -2.50. The Labute approximate surface area is 243 Å². The summed E-state index contributed by atoms with van der Waals surface area (Å²) in [7, 11) is 5.69. The van der Waals surface area contributed by atoms with Gasteiger partial charge in [-0.05, 0) is 59.7 Å². The first-order chi connectivity index (χ1) is 19.3. The molecular weight excluding hydrogens is 583 g/mol. The highest BCUT2D eigenvalue weighted by molar-refractivity contribution is 7.27. The molecular formula is C28H31NO7S2Si2. The fourth-order valence-corrected chi connectivity index (χ4v) is 12.5. The van der Waals surface area contributed by atoms with Gasteiger partial charge in [0.2, 0.25) is 0 Å². The predicted octanol–water partition coefficient (Wildman–Crippen LogP) is 4.32. The molecule has 5 aromatic rings. The number of pyridine rings is 1. The van der Waals surface area contributed by atoms with Crippen molar-refractivity contribution in [2.75, 3.05) is 42.7 Å². The maximum absolute atomic E-state index is 13.9. The fraction of sp³-hybridized carbons (Fsp3) is 0.250. The molecule has 0 bridgehead atoms. The second-order valence-corrected chi connectivity index (χ2v) is 17.7. The zero-order chi connectivity index (χ0) is 28.7. The summed E-state index contributed by atoms with van der Waals surface area (Å²) in [5, 5.41) is 1.31. The minimum Gasteiger partial charge on any atom is -0.373 e. The van der Waals surface area contributed by atoms with Gasteiger partial charge in [0.1, 0.15) is 0 Å². The van der Waals surface area contributed by atoms with E-state index in [0.717, 1.165) is 40.9 Å². The third-order valence-electron chi connectivity index (χ3n) is 7.20. The average molecular weight is 614 g/mol. The van der Waals surface area contributed by atoms with Crippen LogP contribution in [0.1, 0.15) is 0 Å². The van der Waals surface area contributed by atoms with Crippen LogP contribution in [-0.2, 0) is 33.6 Å². The van der Waals surface area contributed by atoms with Gasteiger partial charge in [0.05, 0.1) is 20.0 Å². The smallest absolute Gasteiger partial charge is 0.373 e. The molecule has 210 valence electrons. The molecule has 0 unspecified atom stereocenters. The van der Waals surface area contributed by atoms with Crippen LogP contribution < -0.4 is 14.4 Å². The lowest BCUT2D eigenvalue weighted by Crippen LogP contribution is -2.53. The summed E-state index contributed by atoms with van der Waals surface area (Å²) < 4.78 is 37.8. The summed E-state index contributed by atoms with van der Waals surface area (Å²) in [5.74, 6) is 0. The number of hydrogen-bond acceptors (Lipinski definition) is 9. The Balaban J connectivity index is 1.61. The number of hydrogen-bond donors (Lipinski definition) is 0. The first-order valence-corrected chi connectivity index (χ1v) is 17.5. The molecule has 0 atom stereocenters. The van der Waals surface area contributed by atoms with Crippen molar-refractivity contribution in [1.82, 2.24) is 4.57 Å².